The van der Waals surface area contributed by atoms with Crippen LogP contribution in [-0.2, 0) is 0 Å². The van der Waals surface area contributed by atoms with E-state index in [1.165, 1.54) is 64.8 Å². The highest BCUT2D eigenvalue weighted by Crippen LogP contribution is 2.27. The Labute approximate surface area is 119 Å². The standard InChI is InChI=1S/C16H33N3/c1-14(2)19-10-6-15(7-11-19)16(12-17)13-18-8-4-3-5-9-18/h14-16H,3-13,17H2,1-2H3. The van der Waals surface area contributed by atoms with Crippen molar-refractivity contribution in [1.29, 1.82) is 0 Å². The predicted octanol–water partition coefficient (Wildman–Crippen LogP) is 2.17. The fourth-order valence-corrected chi connectivity index (χ4v) is 3.80. The van der Waals surface area contributed by atoms with Crippen LogP contribution in [0.1, 0.15) is 46.0 Å². The van der Waals surface area contributed by atoms with Crippen molar-refractivity contribution in [3.63, 3.8) is 0 Å². The minimum absolute atomic E-state index is 0.708. The van der Waals surface area contributed by atoms with Crippen LogP contribution in [0.15, 0.2) is 0 Å². The summed E-state index contributed by atoms with van der Waals surface area (Å²) in [6.45, 7) is 11.9. The van der Waals surface area contributed by atoms with Crippen LogP contribution in [0.3, 0.4) is 0 Å². The second kappa shape index (κ2) is 7.61. The molecule has 0 aromatic rings. The molecule has 2 aliphatic rings. The first-order chi connectivity index (χ1) is 9.20. The maximum absolute atomic E-state index is 6.07. The molecule has 3 nitrogen and oxygen atoms in total. The maximum atomic E-state index is 6.07. The van der Waals surface area contributed by atoms with Gasteiger partial charge in [0.1, 0.15) is 0 Å². The van der Waals surface area contributed by atoms with Crippen molar-refractivity contribution in [2.24, 2.45) is 17.6 Å². The summed E-state index contributed by atoms with van der Waals surface area (Å²) in [5.74, 6) is 1.59. The summed E-state index contributed by atoms with van der Waals surface area (Å²) in [6, 6.07) is 0.708. The minimum Gasteiger partial charge on any atom is -0.330 e. The summed E-state index contributed by atoms with van der Waals surface area (Å²) in [6.07, 6.45) is 6.92. The maximum Gasteiger partial charge on any atom is 0.00385 e. The highest BCUT2D eigenvalue weighted by Gasteiger charge is 2.28. The SMILES string of the molecule is CC(C)N1CCC(C(CN)CN2CCCCC2)CC1. The third-order valence-electron chi connectivity index (χ3n) is 5.22. The van der Waals surface area contributed by atoms with Crippen molar-refractivity contribution < 1.29 is 0 Å². The molecule has 1 atom stereocenters. The normalized spacial score (nSPS) is 25.9. The van der Waals surface area contributed by atoms with E-state index in [0.717, 1.165) is 18.4 Å². The lowest BCUT2D eigenvalue weighted by Gasteiger charge is -2.39. The van der Waals surface area contributed by atoms with Gasteiger partial charge < -0.3 is 15.5 Å². The molecular weight excluding hydrogens is 234 g/mol. The van der Waals surface area contributed by atoms with Crippen molar-refractivity contribution in [2.45, 2.75) is 52.0 Å². The Balaban J connectivity index is 1.78. The molecule has 0 bridgehead atoms. The van der Waals surface area contributed by atoms with Gasteiger partial charge in [-0.05, 0) is 84.1 Å². The summed E-state index contributed by atoms with van der Waals surface area (Å²) in [5.41, 5.74) is 6.07. The first-order valence-corrected chi connectivity index (χ1v) is 8.37. The Kier molecular flexibility index (Phi) is 6.11. The minimum atomic E-state index is 0.708. The van der Waals surface area contributed by atoms with Gasteiger partial charge in [-0.25, -0.2) is 0 Å². The van der Waals surface area contributed by atoms with Crippen LogP contribution in [0.2, 0.25) is 0 Å². The Bertz CT molecular complexity index is 240. The first-order valence-electron chi connectivity index (χ1n) is 8.37. The van der Waals surface area contributed by atoms with Gasteiger partial charge in [-0.2, -0.15) is 0 Å². The molecule has 1 unspecified atom stereocenters. The molecule has 2 N–H and O–H groups in total. The van der Waals surface area contributed by atoms with E-state index in [2.05, 4.69) is 23.6 Å². The largest absolute Gasteiger partial charge is 0.330 e. The van der Waals surface area contributed by atoms with Gasteiger partial charge in [0, 0.05) is 12.6 Å². The van der Waals surface area contributed by atoms with Gasteiger partial charge in [-0.3, -0.25) is 0 Å². The topological polar surface area (TPSA) is 32.5 Å². The van der Waals surface area contributed by atoms with Gasteiger partial charge in [0.25, 0.3) is 0 Å². The first kappa shape index (κ1) is 15.3. The quantitative estimate of drug-likeness (QED) is 0.828. The van der Waals surface area contributed by atoms with Gasteiger partial charge in [0.05, 0.1) is 0 Å². The number of rotatable bonds is 5. The number of hydrogen-bond donors (Lipinski definition) is 1. The second-order valence-corrected chi connectivity index (χ2v) is 6.82. The van der Waals surface area contributed by atoms with Crippen molar-refractivity contribution in [2.75, 3.05) is 39.3 Å². The Morgan fingerprint density at radius 1 is 1.00 bits per heavy atom. The molecule has 0 saturated carbocycles. The van der Waals surface area contributed by atoms with E-state index < -0.39 is 0 Å². The van der Waals surface area contributed by atoms with Crippen LogP contribution in [0, 0.1) is 11.8 Å². The van der Waals surface area contributed by atoms with E-state index in [9.17, 15) is 0 Å². The molecular formula is C16H33N3. The monoisotopic (exact) mass is 267 g/mol. The number of likely N-dealkylation sites (tertiary alicyclic amines) is 2. The Hall–Kier alpha value is -0.120. The molecule has 2 rings (SSSR count). The molecule has 3 heteroatoms. The van der Waals surface area contributed by atoms with E-state index >= 15 is 0 Å². The smallest absolute Gasteiger partial charge is 0.00385 e. The van der Waals surface area contributed by atoms with Crippen LogP contribution < -0.4 is 5.73 Å². The van der Waals surface area contributed by atoms with E-state index in [-0.39, 0.29) is 0 Å². The second-order valence-electron chi connectivity index (χ2n) is 6.82. The van der Waals surface area contributed by atoms with Crippen LogP contribution in [0.4, 0.5) is 0 Å². The number of hydrogen-bond acceptors (Lipinski definition) is 3. The van der Waals surface area contributed by atoms with Crippen molar-refractivity contribution >= 4 is 0 Å². The number of nitrogens with two attached hydrogens (primary N) is 1. The highest BCUT2D eigenvalue weighted by atomic mass is 15.2. The summed E-state index contributed by atoms with van der Waals surface area (Å²) in [5, 5.41) is 0. The Morgan fingerprint density at radius 2 is 1.63 bits per heavy atom. The van der Waals surface area contributed by atoms with Gasteiger partial charge in [-0.15, -0.1) is 0 Å². The van der Waals surface area contributed by atoms with E-state index in [1.807, 2.05) is 0 Å². The fraction of sp³-hybridized carbons (Fsp3) is 1.00. The van der Waals surface area contributed by atoms with Crippen LogP contribution in [-0.4, -0.2) is 55.1 Å². The average molecular weight is 267 g/mol. The van der Waals surface area contributed by atoms with Crippen molar-refractivity contribution in [3.05, 3.63) is 0 Å². The molecule has 19 heavy (non-hydrogen) atoms. The number of piperidine rings is 2. The lowest BCUT2D eigenvalue weighted by Crippen LogP contribution is -2.45. The van der Waals surface area contributed by atoms with Gasteiger partial charge in [-0.1, -0.05) is 6.42 Å². The summed E-state index contributed by atoms with van der Waals surface area (Å²) >= 11 is 0. The molecule has 0 aliphatic carbocycles. The van der Waals surface area contributed by atoms with Gasteiger partial charge >= 0.3 is 0 Å². The predicted molar refractivity (Wildman–Crippen MR) is 82.3 cm³/mol. The van der Waals surface area contributed by atoms with Gasteiger partial charge in [0.2, 0.25) is 0 Å². The molecule has 112 valence electrons. The highest BCUT2D eigenvalue weighted by molar-refractivity contribution is 4.82. The van der Waals surface area contributed by atoms with Crippen LogP contribution in [0.5, 0.6) is 0 Å². The molecule has 2 aliphatic heterocycles. The van der Waals surface area contributed by atoms with E-state index in [1.54, 1.807) is 0 Å². The molecule has 2 saturated heterocycles. The molecule has 0 spiro atoms. The van der Waals surface area contributed by atoms with E-state index in [0.29, 0.717) is 6.04 Å². The molecule has 2 heterocycles. The number of nitrogens with zero attached hydrogens (tertiary/aromatic N) is 2. The molecule has 0 aromatic heterocycles. The average Bonchev–Trinajstić information content (AvgIpc) is 2.46. The lowest BCUT2D eigenvalue weighted by atomic mass is 9.83. The third kappa shape index (κ3) is 4.44. The fourth-order valence-electron chi connectivity index (χ4n) is 3.80. The zero-order valence-corrected chi connectivity index (χ0v) is 13.0. The lowest BCUT2D eigenvalue weighted by molar-refractivity contribution is 0.0978. The van der Waals surface area contributed by atoms with Crippen molar-refractivity contribution in [1.82, 2.24) is 9.80 Å². The summed E-state index contributed by atoms with van der Waals surface area (Å²) < 4.78 is 0. The van der Waals surface area contributed by atoms with E-state index in [4.69, 9.17) is 5.73 Å². The summed E-state index contributed by atoms with van der Waals surface area (Å²) in [4.78, 5) is 5.28. The molecule has 0 radical (unpaired) electrons. The Morgan fingerprint density at radius 3 is 2.16 bits per heavy atom. The van der Waals surface area contributed by atoms with Crippen LogP contribution in [0.25, 0.3) is 0 Å². The van der Waals surface area contributed by atoms with Crippen LogP contribution >= 0.6 is 0 Å². The molecule has 0 aromatic carbocycles. The zero-order valence-electron chi connectivity index (χ0n) is 13.0. The van der Waals surface area contributed by atoms with Crippen molar-refractivity contribution in [3.8, 4) is 0 Å². The zero-order chi connectivity index (χ0) is 13.7. The van der Waals surface area contributed by atoms with Gasteiger partial charge in [0.15, 0.2) is 0 Å². The third-order valence-corrected chi connectivity index (χ3v) is 5.22. The molecule has 2 fully saturated rings. The summed E-state index contributed by atoms with van der Waals surface area (Å²) in [7, 11) is 0. The molecule has 0 amide bonds.